The summed E-state index contributed by atoms with van der Waals surface area (Å²) in [6, 6.07) is 0. The summed E-state index contributed by atoms with van der Waals surface area (Å²) in [5, 5.41) is 5.44. The molecule has 1 aliphatic heterocycles. The van der Waals surface area contributed by atoms with E-state index >= 15 is 0 Å². The van der Waals surface area contributed by atoms with Crippen molar-refractivity contribution < 1.29 is 19.1 Å². The second-order valence-electron chi connectivity index (χ2n) is 4.68. The normalized spacial score (nSPS) is 15.8. The third kappa shape index (κ3) is 8.08. The summed E-state index contributed by atoms with van der Waals surface area (Å²) in [4.78, 5) is 25.2. The molecule has 0 saturated carbocycles. The Morgan fingerprint density at radius 3 is 2.45 bits per heavy atom. The van der Waals surface area contributed by atoms with Crippen molar-refractivity contribution in [3.63, 3.8) is 0 Å². The monoisotopic (exact) mass is 287 g/mol. The average molecular weight is 287 g/mol. The quantitative estimate of drug-likeness (QED) is 0.419. The first-order valence-corrected chi connectivity index (χ1v) is 7.05. The second kappa shape index (κ2) is 10.6. The van der Waals surface area contributed by atoms with Gasteiger partial charge in [0.05, 0.1) is 13.2 Å². The van der Waals surface area contributed by atoms with Crippen LogP contribution < -0.4 is 10.6 Å². The minimum absolute atomic E-state index is 0.115. The number of hydrogen-bond acceptors (Lipinski definition) is 5. The van der Waals surface area contributed by atoms with Crippen LogP contribution in [0.15, 0.2) is 0 Å². The standard InChI is InChI=1S/C13H25N3O4/c1-19-8-2-3-14-12(17)11-13(18)15-4-5-16-6-9-20-10-7-16/h2-11H2,1H3,(H,14,17)(H,15,18). The highest BCUT2D eigenvalue weighted by atomic mass is 16.5. The molecule has 0 aliphatic carbocycles. The Hall–Kier alpha value is -1.18. The van der Waals surface area contributed by atoms with Gasteiger partial charge in [0.25, 0.3) is 0 Å². The number of methoxy groups -OCH3 is 1. The summed E-state index contributed by atoms with van der Waals surface area (Å²) in [6.07, 6.45) is 0.636. The largest absolute Gasteiger partial charge is 0.385 e. The molecule has 0 atom stereocenters. The predicted molar refractivity (Wildman–Crippen MR) is 74.4 cm³/mol. The van der Waals surface area contributed by atoms with Gasteiger partial charge in [-0.3, -0.25) is 14.5 Å². The Balaban J connectivity index is 1.99. The molecule has 2 N–H and O–H groups in total. The number of nitrogens with zero attached hydrogens (tertiary/aromatic N) is 1. The van der Waals surface area contributed by atoms with Gasteiger partial charge in [0.2, 0.25) is 11.8 Å². The van der Waals surface area contributed by atoms with Crippen molar-refractivity contribution >= 4 is 11.8 Å². The Kier molecular flexibility index (Phi) is 8.93. The molecule has 20 heavy (non-hydrogen) atoms. The van der Waals surface area contributed by atoms with Crippen LogP contribution in [0.3, 0.4) is 0 Å². The molecule has 0 aromatic rings. The van der Waals surface area contributed by atoms with Crippen molar-refractivity contribution in [2.24, 2.45) is 0 Å². The molecule has 7 heteroatoms. The third-order valence-electron chi connectivity index (χ3n) is 3.02. The van der Waals surface area contributed by atoms with Gasteiger partial charge in [-0.05, 0) is 6.42 Å². The van der Waals surface area contributed by atoms with Crippen LogP contribution in [0.4, 0.5) is 0 Å². The lowest BCUT2D eigenvalue weighted by atomic mass is 10.3. The highest BCUT2D eigenvalue weighted by Crippen LogP contribution is 1.94. The molecule has 0 unspecified atom stereocenters. The Bertz CT molecular complexity index is 293. The van der Waals surface area contributed by atoms with Crippen molar-refractivity contribution in [1.82, 2.24) is 15.5 Å². The minimum atomic E-state index is -0.245. The number of morpholine rings is 1. The maximum Gasteiger partial charge on any atom is 0.229 e. The van der Waals surface area contributed by atoms with E-state index in [9.17, 15) is 9.59 Å². The van der Waals surface area contributed by atoms with Gasteiger partial charge in [-0.25, -0.2) is 0 Å². The maximum absolute atomic E-state index is 11.5. The summed E-state index contributed by atoms with van der Waals surface area (Å²) in [6.45, 7) is 5.79. The van der Waals surface area contributed by atoms with E-state index in [1.54, 1.807) is 7.11 Å². The molecule has 116 valence electrons. The first-order chi connectivity index (χ1) is 9.72. The molecular weight excluding hydrogens is 262 g/mol. The number of carbonyl (C=O) groups is 2. The molecule has 0 aromatic heterocycles. The molecule has 1 fully saturated rings. The first kappa shape index (κ1) is 16.9. The van der Waals surface area contributed by atoms with Crippen LogP contribution in [-0.2, 0) is 19.1 Å². The summed E-state index contributed by atoms with van der Waals surface area (Å²) in [5.41, 5.74) is 0. The van der Waals surface area contributed by atoms with Gasteiger partial charge in [-0.1, -0.05) is 0 Å². The fraction of sp³-hybridized carbons (Fsp3) is 0.846. The summed E-state index contributed by atoms with van der Waals surface area (Å²) < 4.78 is 10.1. The van der Waals surface area contributed by atoms with Crippen molar-refractivity contribution in [3.8, 4) is 0 Å². The highest BCUT2D eigenvalue weighted by molar-refractivity contribution is 5.96. The second-order valence-corrected chi connectivity index (χ2v) is 4.68. The molecule has 1 rings (SSSR count). The predicted octanol–water partition coefficient (Wildman–Crippen LogP) is -1.02. The first-order valence-electron chi connectivity index (χ1n) is 7.05. The van der Waals surface area contributed by atoms with Gasteiger partial charge in [0.1, 0.15) is 6.42 Å². The van der Waals surface area contributed by atoms with Crippen LogP contribution in [0, 0.1) is 0 Å². The Morgan fingerprint density at radius 2 is 1.80 bits per heavy atom. The molecule has 0 aromatic carbocycles. The van der Waals surface area contributed by atoms with Crippen LogP contribution >= 0.6 is 0 Å². The molecule has 1 aliphatic rings. The number of rotatable bonds is 9. The van der Waals surface area contributed by atoms with Crippen LogP contribution in [0.25, 0.3) is 0 Å². The fourth-order valence-corrected chi connectivity index (χ4v) is 1.89. The number of carbonyl (C=O) groups excluding carboxylic acids is 2. The third-order valence-corrected chi connectivity index (χ3v) is 3.02. The number of amides is 2. The Labute approximate surface area is 120 Å². The summed E-state index contributed by atoms with van der Waals surface area (Å²) >= 11 is 0. The molecule has 1 heterocycles. The van der Waals surface area contributed by atoms with E-state index in [0.717, 1.165) is 39.3 Å². The zero-order valence-electron chi connectivity index (χ0n) is 12.2. The molecule has 0 bridgehead atoms. The van der Waals surface area contributed by atoms with Gasteiger partial charge in [-0.2, -0.15) is 0 Å². The zero-order chi connectivity index (χ0) is 14.6. The summed E-state index contributed by atoms with van der Waals surface area (Å²) in [5.74, 6) is -0.479. The number of hydrogen-bond donors (Lipinski definition) is 2. The molecule has 0 radical (unpaired) electrons. The topological polar surface area (TPSA) is 79.9 Å². The Morgan fingerprint density at radius 1 is 1.15 bits per heavy atom. The zero-order valence-corrected chi connectivity index (χ0v) is 12.2. The maximum atomic E-state index is 11.5. The highest BCUT2D eigenvalue weighted by Gasteiger charge is 2.11. The van der Waals surface area contributed by atoms with Gasteiger partial charge in [-0.15, -0.1) is 0 Å². The summed E-state index contributed by atoms with van der Waals surface area (Å²) in [7, 11) is 1.61. The van der Waals surface area contributed by atoms with E-state index in [0.29, 0.717) is 19.7 Å². The lowest BCUT2D eigenvalue weighted by Gasteiger charge is -2.26. The molecule has 1 saturated heterocycles. The number of nitrogens with one attached hydrogen (secondary N) is 2. The fourth-order valence-electron chi connectivity index (χ4n) is 1.89. The van der Waals surface area contributed by atoms with Crippen LogP contribution in [0.5, 0.6) is 0 Å². The minimum Gasteiger partial charge on any atom is -0.385 e. The van der Waals surface area contributed by atoms with Gasteiger partial charge >= 0.3 is 0 Å². The molecule has 2 amide bonds. The van der Waals surface area contributed by atoms with Crippen molar-refractivity contribution in [2.45, 2.75) is 12.8 Å². The molecule has 7 nitrogen and oxygen atoms in total. The van der Waals surface area contributed by atoms with Crippen molar-refractivity contribution in [2.75, 3.05) is 59.7 Å². The van der Waals surface area contributed by atoms with Gasteiger partial charge < -0.3 is 20.1 Å². The van der Waals surface area contributed by atoms with E-state index < -0.39 is 0 Å². The van der Waals surface area contributed by atoms with Crippen LogP contribution in [-0.4, -0.2) is 76.4 Å². The lowest BCUT2D eigenvalue weighted by Crippen LogP contribution is -2.42. The molecule has 0 spiro atoms. The van der Waals surface area contributed by atoms with E-state index in [2.05, 4.69) is 15.5 Å². The smallest absolute Gasteiger partial charge is 0.229 e. The SMILES string of the molecule is COCCCNC(=O)CC(=O)NCCN1CCOCC1. The van der Waals surface area contributed by atoms with Crippen molar-refractivity contribution in [1.29, 1.82) is 0 Å². The van der Waals surface area contributed by atoms with E-state index in [1.807, 2.05) is 0 Å². The lowest BCUT2D eigenvalue weighted by molar-refractivity contribution is -0.129. The van der Waals surface area contributed by atoms with Gasteiger partial charge in [0, 0.05) is 46.4 Å². The van der Waals surface area contributed by atoms with E-state index in [-0.39, 0.29) is 18.2 Å². The van der Waals surface area contributed by atoms with Crippen LogP contribution in [0.1, 0.15) is 12.8 Å². The van der Waals surface area contributed by atoms with Crippen molar-refractivity contribution in [3.05, 3.63) is 0 Å². The number of ether oxygens (including phenoxy) is 2. The van der Waals surface area contributed by atoms with E-state index in [4.69, 9.17) is 9.47 Å². The van der Waals surface area contributed by atoms with Gasteiger partial charge in [0.15, 0.2) is 0 Å². The molecular formula is C13H25N3O4. The van der Waals surface area contributed by atoms with E-state index in [1.165, 1.54) is 0 Å². The van der Waals surface area contributed by atoms with Crippen LogP contribution in [0.2, 0.25) is 0 Å². The average Bonchev–Trinajstić information content (AvgIpc) is 2.45.